The Morgan fingerprint density at radius 3 is 1.61 bits per heavy atom. The van der Waals surface area contributed by atoms with E-state index in [0.717, 1.165) is 11.4 Å². The van der Waals surface area contributed by atoms with Crippen LogP contribution in [0.5, 0.6) is 0 Å². The molecule has 2 heteroatoms. The van der Waals surface area contributed by atoms with E-state index in [9.17, 15) is 4.79 Å². The van der Waals surface area contributed by atoms with Gasteiger partial charge in [-0.05, 0) is 31.2 Å². The second-order valence-electron chi connectivity index (χ2n) is 4.09. The van der Waals surface area contributed by atoms with Gasteiger partial charge >= 0.3 is 0 Å². The van der Waals surface area contributed by atoms with Crippen molar-refractivity contribution in [2.75, 3.05) is 4.90 Å². The van der Waals surface area contributed by atoms with E-state index in [2.05, 4.69) is 6.58 Å². The number of rotatable bonds is 3. The summed E-state index contributed by atoms with van der Waals surface area (Å²) in [7, 11) is 0. The fourth-order valence-electron chi connectivity index (χ4n) is 1.73. The van der Waals surface area contributed by atoms with Gasteiger partial charge in [0.15, 0.2) is 0 Å². The molecule has 0 radical (unpaired) electrons. The SMILES string of the molecule is C=C(C)C(=O)N(c1ccccc1)c1ccccc1. The topological polar surface area (TPSA) is 20.3 Å². The van der Waals surface area contributed by atoms with Crippen LogP contribution in [-0.4, -0.2) is 5.91 Å². The minimum absolute atomic E-state index is 0.0904. The number of benzene rings is 2. The van der Waals surface area contributed by atoms with Crippen molar-refractivity contribution >= 4 is 17.3 Å². The molecule has 1 amide bonds. The zero-order valence-electron chi connectivity index (χ0n) is 10.3. The van der Waals surface area contributed by atoms with E-state index in [1.165, 1.54) is 0 Å². The summed E-state index contributed by atoms with van der Waals surface area (Å²) in [5.41, 5.74) is 2.20. The highest BCUT2D eigenvalue weighted by Crippen LogP contribution is 2.26. The molecule has 0 aliphatic heterocycles. The maximum absolute atomic E-state index is 12.3. The fourth-order valence-corrected chi connectivity index (χ4v) is 1.73. The van der Waals surface area contributed by atoms with Crippen LogP contribution in [0.4, 0.5) is 11.4 Å². The van der Waals surface area contributed by atoms with Crippen LogP contribution < -0.4 is 4.90 Å². The highest BCUT2D eigenvalue weighted by molar-refractivity contribution is 6.09. The number of para-hydroxylation sites is 2. The molecule has 0 atom stereocenters. The van der Waals surface area contributed by atoms with Gasteiger partial charge in [-0.25, -0.2) is 0 Å². The Morgan fingerprint density at radius 2 is 1.28 bits per heavy atom. The normalized spacial score (nSPS) is 9.83. The van der Waals surface area contributed by atoms with Crippen LogP contribution in [-0.2, 0) is 4.79 Å². The highest BCUT2D eigenvalue weighted by atomic mass is 16.2. The van der Waals surface area contributed by atoms with E-state index in [-0.39, 0.29) is 5.91 Å². The zero-order valence-corrected chi connectivity index (χ0v) is 10.3. The number of nitrogens with zero attached hydrogens (tertiary/aromatic N) is 1. The molecular formula is C16H15NO. The highest BCUT2D eigenvalue weighted by Gasteiger charge is 2.17. The van der Waals surface area contributed by atoms with E-state index in [4.69, 9.17) is 0 Å². The molecule has 2 nitrogen and oxygen atoms in total. The molecule has 90 valence electrons. The van der Waals surface area contributed by atoms with Crippen molar-refractivity contribution in [1.82, 2.24) is 0 Å². The third-order valence-electron chi connectivity index (χ3n) is 2.60. The van der Waals surface area contributed by atoms with E-state index in [1.54, 1.807) is 11.8 Å². The third-order valence-corrected chi connectivity index (χ3v) is 2.60. The lowest BCUT2D eigenvalue weighted by Gasteiger charge is -2.23. The largest absolute Gasteiger partial charge is 0.277 e. The molecule has 0 N–H and O–H groups in total. The van der Waals surface area contributed by atoms with Gasteiger partial charge in [0.2, 0.25) is 0 Å². The second-order valence-corrected chi connectivity index (χ2v) is 4.09. The first-order chi connectivity index (χ1) is 8.70. The molecule has 2 aromatic carbocycles. The predicted molar refractivity (Wildman–Crippen MR) is 74.8 cm³/mol. The van der Waals surface area contributed by atoms with Gasteiger partial charge in [-0.1, -0.05) is 43.0 Å². The Labute approximate surface area is 107 Å². The van der Waals surface area contributed by atoms with Gasteiger partial charge < -0.3 is 0 Å². The van der Waals surface area contributed by atoms with Crippen molar-refractivity contribution in [3.63, 3.8) is 0 Å². The van der Waals surface area contributed by atoms with Gasteiger partial charge in [0, 0.05) is 16.9 Å². The van der Waals surface area contributed by atoms with Crippen LogP contribution in [0.15, 0.2) is 72.8 Å². The first kappa shape index (κ1) is 12.1. The zero-order chi connectivity index (χ0) is 13.0. The molecule has 0 saturated heterocycles. The number of amides is 1. The Balaban J connectivity index is 2.48. The maximum atomic E-state index is 12.3. The molecule has 18 heavy (non-hydrogen) atoms. The Kier molecular flexibility index (Phi) is 3.58. The Morgan fingerprint density at radius 1 is 0.889 bits per heavy atom. The summed E-state index contributed by atoms with van der Waals surface area (Å²) < 4.78 is 0. The number of hydrogen-bond donors (Lipinski definition) is 0. The van der Waals surface area contributed by atoms with Gasteiger partial charge in [0.05, 0.1) is 0 Å². The molecule has 0 aliphatic carbocycles. The number of anilines is 2. The minimum atomic E-state index is -0.0904. The van der Waals surface area contributed by atoms with Crippen molar-refractivity contribution in [2.24, 2.45) is 0 Å². The van der Waals surface area contributed by atoms with Crippen LogP contribution in [0.3, 0.4) is 0 Å². The molecule has 0 saturated carbocycles. The first-order valence-electron chi connectivity index (χ1n) is 5.80. The van der Waals surface area contributed by atoms with Gasteiger partial charge in [0.1, 0.15) is 0 Å². The fraction of sp³-hybridized carbons (Fsp3) is 0.0625. The number of hydrogen-bond acceptors (Lipinski definition) is 1. The van der Waals surface area contributed by atoms with E-state index >= 15 is 0 Å². The quantitative estimate of drug-likeness (QED) is 0.741. The Bertz CT molecular complexity index is 506. The van der Waals surface area contributed by atoms with Crippen LogP contribution >= 0.6 is 0 Å². The lowest BCUT2D eigenvalue weighted by atomic mass is 10.2. The average Bonchev–Trinajstić information content (AvgIpc) is 2.41. The van der Waals surface area contributed by atoms with Crippen LogP contribution in [0.25, 0.3) is 0 Å². The smallest absolute Gasteiger partial charge is 0.257 e. The van der Waals surface area contributed by atoms with E-state index < -0.39 is 0 Å². The summed E-state index contributed by atoms with van der Waals surface area (Å²) in [6.45, 7) is 5.46. The van der Waals surface area contributed by atoms with Gasteiger partial charge in [-0.3, -0.25) is 9.69 Å². The standard InChI is InChI=1S/C16H15NO/c1-13(2)16(18)17(14-9-5-3-6-10-14)15-11-7-4-8-12-15/h3-12H,1H2,2H3. The summed E-state index contributed by atoms with van der Waals surface area (Å²) in [5, 5.41) is 0. The third kappa shape index (κ3) is 2.48. The predicted octanol–water partition coefficient (Wildman–Crippen LogP) is 3.93. The maximum Gasteiger partial charge on any atom is 0.257 e. The molecule has 0 aliphatic rings. The molecule has 0 aromatic heterocycles. The summed E-state index contributed by atoms with van der Waals surface area (Å²) >= 11 is 0. The number of carbonyl (C=O) groups excluding carboxylic acids is 1. The van der Waals surface area contributed by atoms with Crippen molar-refractivity contribution in [3.05, 3.63) is 72.8 Å². The van der Waals surface area contributed by atoms with Crippen molar-refractivity contribution in [2.45, 2.75) is 6.92 Å². The van der Waals surface area contributed by atoms with Crippen LogP contribution in [0.2, 0.25) is 0 Å². The minimum Gasteiger partial charge on any atom is -0.277 e. The molecule has 0 fully saturated rings. The van der Waals surface area contributed by atoms with Crippen molar-refractivity contribution in [1.29, 1.82) is 0 Å². The van der Waals surface area contributed by atoms with Crippen molar-refractivity contribution in [3.8, 4) is 0 Å². The summed E-state index contributed by atoms with van der Waals surface area (Å²) in [6, 6.07) is 19.2. The lowest BCUT2D eigenvalue weighted by molar-refractivity contribution is -0.114. The number of carbonyl (C=O) groups is 1. The molecule has 0 unspecified atom stereocenters. The van der Waals surface area contributed by atoms with Gasteiger partial charge in [0.25, 0.3) is 5.91 Å². The van der Waals surface area contributed by atoms with Gasteiger partial charge in [-0.2, -0.15) is 0 Å². The van der Waals surface area contributed by atoms with E-state index in [1.807, 2.05) is 60.7 Å². The average molecular weight is 237 g/mol. The molecule has 0 spiro atoms. The van der Waals surface area contributed by atoms with Crippen LogP contribution in [0.1, 0.15) is 6.92 Å². The van der Waals surface area contributed by atoms with Gasteiger partial charge in [-0.15, -0.1) is 0 Å². The lowest BCUT2D eigenvalue weighted by Crippen LogP contribution is -2.26. The van der Waals surface area contributed by atoms with Crippen molar-refractivity contribution < 1.29 is 4.79 Å². The summed E-state index contributed by atoms with van der Waals surface area (Å²) in [6.07, 6.45) is 0. The second kappa shape index (κ2) is 5.32. The molecule has 2 aromatic rings. The molecular weight excluding hydrogens is 222 g/mol. The monoisotopic (exact) mass is 237 g/mol. The summed E-state index contributed by atoms with van der Waals surface area (Å²) in [5.74, 6) is -0.0904. The van der Waals surface area contributed by atoms with Crippen LogP contribution in [0, 0.1) is 0 Å². The molecule has 0 bridgehead atoms. The van der Waals surface area contributed by atoms with E-state index in [0.29, 0.717) is 5.57 Å². The Hall–Kier alpha value is -2.35. The molecule has 2 rings (SSSR count). The first-order valence-corrected chi connectivity index (χ1v) is 5.80. The summed E-state index contributed by atoms with van der Waals surface area (Å²) in [4.78, 5) is 13.9. The molecule has 0 heterocycles.